The molecule has 0 spiro atoms. The molecule has 0 radical (unpaired) electrons. The maximum atomic E-state index is 13.3. The largest absolute Gasteiger partial charge is 0.508 e. The van der Waals surface area contributed by atoms with Crippen molar-refractivity contribution in [3.8, 4) is 22.6 Å². The Kier molecular flexibility index (Phi) is 6.97. The van der Waals surface area contributed by atoms with Gasteiger partial charge in [0.25, 0.3) is 11.5 Å². The number of halogens is 3. The van der Waals surface area contributed by atoms with E-state index in [9.17, 15) is 27.9 Å². The normalized spacial score (nSPS) is 11.0. The second kappa shape index (κ2) is 9.13. The number of aryl methyl sites for hydroxylation is 1. The van der Waals surface area contributed by atoms with Gasteiger partial charge in [0.15, 0.2) is 0 Å². The van der Waals surface area contributed by atoms with E-state index in [-0.39, 0.29) is 33.9 Å². The Labute approximate surface area is 182 Å². The van der Waals surface area contributed by atoms with Crippen LogP contribution in [-0.2, 0) is 6.18 Å². The molecule has 0 atom stereocenters. The summed E-state index contributed by atoms with van der Waals surface area (Å²) in [4.78, 5) is 28.8. The van der Waals surface area contributed by atoms with Gasteiger partial charge in [-0.3, -0.25) is 19.1 Å². The van der Waals surface area contributed by atoms with Crippen LogP contribution >= 0.6 is 0 Å². The average molecular weight is 448 g/mol. The number of benzene rings is 1. The van der Waals surface area contributed by atoms with E-state index in [1.165, 1.54) is 19.1 Å². The SMILES string of the molecule is CC.Cc1ccc(O)c(C)c1-n1c(N)c(C(N)=O)cc(-c2cncc(C(F)(F)F)c2)c1=O. The number of carbonyl (C=O) groups excluding carboxylic acids is 1. The van der Waals surface area contributed by atoms with Crippen LogP contribution in [0.15, 0.2) is 41.5 Å². The van der Waals surface area contributed by atoms with Gasteiger partial charge in [0.1, 0.15) is 11.6 Å². The molecule has 0 fully saturated rings. The maximum Gasteiger partial charge on any atom is 0.417 e. The number of primary amides is 1. The summed E-state index contributed by atoms with van der Waals surface area (Å²) in [5.41, 5.74) is 9.91. The van der Waals surface area contributed by atoms with Crippen molar-refractivity contribution in [3.05, 3.63) is 69.3 Å². The highest BCUT2D eigenvalue weighted by atomic mass is 19.4. The molecule has 5 N–H and O–H groups in total. The molecule has 0 bridgehead atoms. The number of hydrogen-bond acceptors (Lipinski definition) is 5. The molecule has 3 rings (SSSR count). The number of pyridine rings is 2. The second-order valence-corrected chi connectivity index (χ2v) is 6.70. The number of hydrogen-bond donors (Lipinski definition) is 3. The summed E-state index contributed by atoms with van der Waals surface area (Å²) in [6, 6.07) is 4.75. The third-order valence-corrected chi connectivity index (χ3v) is 4.71. The van der Waals surface area contributed by atoms with E-state index in [1.54, 1.807) is 6.92 Å². The molecular weight excluding hydrogens is 425 g/mol. The number of nitrogens with two attached hydrogens (primary N) is 2. The van der Waals surface area contributed by atoms with Crippen molar-refractivity contribution in [1.82, 2.24) is 9.55 Å². The average Bonchev–Trinajstić information content (AvgIpc) is 2.74. The van der Waals surface area contributed by atoms with Gasteiger partial charge in [0.2, 0.25) is 0 Å². The first-order valence-electron chi connectivity index (χ1n) is 9.61. The summed E-state index contributed by atoms with van der Waals surface area (Å²) in [5.74, 6) is -1.40. The van der Waals surface area contributed by atoms with Crippen molar-refractivity contribution in [2.75, 3.05) is 5.73 Å². The van der Waals surface area contributed by atoms with Crippen molar-refractivity contribution < 1.29 is 23.1 Å². The molecule has 10 heteroatoms. The fourth-order valence-corrected chi connectivity index (χ4v) is 3.17. The van der Waals surface area contributed by atoms with Gasteiger partial charge in [0.05, 0.1) is 22.4 Å². The Morgan fingerprint density at radius 2 is 1.75 bits per heavy atom. The summed E-state index contributed by atoms with van der Waals surface area (Å²) in [7, 11) is 0. The minimum absolute atomic E-state index is 0.131. The molecule has 0 saturated heterocycles. The van der Waals surface area contributed by atoms with Gasteiger partial charge >= 0.3 is 6.18 Å². The van der Waals surface area contributed by atoms with E-state index < -0.39 is 23.2 Å². The topological polar surface area (TPSA) is 124 Å². The van der Waals surface area contributed by atoms with Crippen LogP contribution in [-0.4, -0.2) is 20.6 Å². The lowest BCUT2D eigenvalue weighted by Crippen LogP contribution is -2.28. The van der Waals surface area contributed by atoms with Crippen LogP contribution in [0.2, 0.25) is 0 Å². The lowest BCUT2D eigenvalue weighted by Gasteiger charge is -2.19. The molecule has 32 heavy (non-hydrogen) atoms. The molecule has 3 aromatic rings. The van der Waals surface area contributed by atoms with Crippen LogP contribution < -0.4 is 17.0 Å². The Balaban J connectivity index is 0.00000176. The molecule has 7 nitrogen and oxygen atoms in total. The second-order valence-electron chi connectivity index (χ2n) is 6.70. The first kappa shape index (κ1) is 24.4. The van der Waals surface area contributed by atoms with Gasteiger partial charge in [-0.15, -0.1) is 0 Å². The summed E-state index contributed by atoms with van der Waals surface area (Å²) in [5, 5.41) is 10.1. The Morgan fingerprint density at radius 1 is 1.12 bits per heavy atom. The van der Waals surface area contributed by atoms with Gasteiger partial charge in [-0.25, -0.2) is 0 Å². The Morgan fingerprint density at radius 3 is 2.31 bits per heavy atom. The zero-order valence-electron chi connectivity index (χ0n) is 17.9. The highest BCUT2D eigenvalue weighted by Gasteiger charge is 2.31. The number of alkyl halides is 3. The fraction of sp³-hybridized carbons (Fsp3) is 0.227. The number of nitrogens with zero attached hydrogens (tertiary/aromatic N) is 2. The molecule has 170 valence electrons. The molecule has 2 aromatic heterocycles. The van der Waals surface area contributed by atoms with Crippen LogP contribution in [0.1, 0.15) is 40.9 Å². The van der Waals surface area contributed by atoms with Crippen LogP contribution in [0, 0.1) is 13.8 Å². The third kappa shape index (κ3) is 4.43. The predicted molar refractivity (Wildman–Crippen MR) is 116 cm³/mol. The summed E-state index contributed by atoms with van der Waals surface area (Å²) in [6.45, 7) is 7.18. The number of aromatic nitrogens is 2. The molecular formula is C22H23F3N4O3. The van der Waals surface area contributed by atoms with Crippen LogP contribution in [0.25, 0.3) is 16.8 Å². The smallest absolute Gasteiger partial charge is 0.417 e. The number of anilines is 1. The first-order valence-corrected chi connectivity index (χ1v) is 9.61. The molecule has 0 unspecified atom stereocenters. The number of amides is 1. The van der Waals surface area contributed by atoms with Gasteiger partial charge in [-0.05, 0) is 37.6 Å². The number of phenols is 1. The molecule has 0 saturated carbocycles. The zero-order valence-corrected chi connectivity index (χ0v) is 17.9. The summed E-state index contributed by atoms with van der Waals surface area (Å²) >= 11 is 0. The van der Waals surface area contributed by atoms with E-state index in [0.29, 0.717) is 17.3 Å². The van der Waals surface area contributed by atoms with E-state index in [2.05, 4.69) is 4.98 Å². The van der Waals surface area contributed by atoms with Crippen molar-refractivity contribution in [3.63, 3.8) is 0 Å². The third-order valence-electron chi connectivity index (χ3n) is 4.71. The predicted octanol–water partition coefficient (Wildman–Crippen LogP) is 3.95. The summed E-state index contributed by atoms with van der Waals surface area (Å²) in [6.07, 6.45) is -2.99. The number of rotatable bonds is 3. The number of aromatic hydroxyl groups is 1. The van der Waals surface area contributed by atoms with Crippen molar-refractivity contribution >= 4 is 11.7 Å². The maximum absolute atomic E-state index is 13.3. The van der Waals surface area contributed by atoms with Crippen LogP contribution in [0.5, 0.6) is 5.75 Å². The minimum atomic E-state index is -4.68. The summed E-state index contributed by atoms with van der Waals surface area (Å²) < 4.78 is 40.3. The molecule has 0 aliphatic heterocycles. The van der Waals surface area contributed by atoms with Crippen molar-refractivity contribution in [1.29, 1.82) is 0 Å². The van der Waals surface area contributed by atoms with E-state index in [0.717, 1.165) is 22.9 Å². The Bertz CT molecular complexity index is 1230. The monoisotopic (exact) mass is 448 g/mol. The van der Waals surface area contributed by atoms with Crippen LogP contribution in [0.4, 0.5) is 19.0 Å². The van der Waals surface area contributed by atoms with E-state index >= 15 is 0 Å². The Hall–Kier alpha value is -3.82. The van der Waals surface area contributed by atoms with Gasteiger partial charge < -0.3 is 16.6 Å². The molecule has 1 amide bonds. The molecule has 0 aliphatic carbocycles. The van der Waals surface area contributed by atoms with Gasteiger partial charge in [-0.2, -0.15) is 13.2 Å². The minimum Gasteiger partial charge on any atom is -0.508 e. The lowest BCUT2D eigenvalue weighted by molar-refractivity contribution is -0.137. The van der Waals surface area contributed by atoms with Crippen molar-refractivity contribution in [2.45, 2.75) is 33.9 Å². The molecule has 0 aliphatic rings. The van der Waals surface area contributed by atoms with Crippen LogP contribution in [0.3, 0.4) is 0 Å². The standard InChI is InChI=1S/C20H17F3N4O3.C2H6/c1-9-3-4-15(28)10(2)16(9)27-17(24)14(18(25)29)6-13(19(27)30)11-5-12(8-26-7-11)20(21,22)23;1-2/h3-8,28H,24H2,1-2H3,(H2,25,29);1-2H3. The van der Waals surface area contributed by atoms with Crippen molar-refractivity contribution in [2.24, 2.45) is 5.73 Å². The number of phenolic OH excluding ortho intramolecular Hbond substituents is 1. The van der Waals surface area contributed by atoms with Gasteiger partial charge in [-0.1, -0.05) is 19.9 Å². The quantitative estimate of drug-likeness (QED) is 0.560. The number of nitrogen functional groups attached to an aromatic ring is 1. The van der Waals surface area contributed by atoms with E-state index in [4.69, 9.17) is 11.5 Å². The molecule has 1 aromatic carbocycles. The zero-order chi connectivity index (χ0) is 24.4. The number of carbonyl (C=O) groups is 1. The molecule has 2 heterocycles. The highest BCUT2D eigenvalue weighted by molar-refractivity contribution is 5.98. The first-order chi connectivity index (χ1) is 14.9. The van der Waals surface area contributed by atoms with Gasteiger partial charge in [0, 0.05) is 23.5 Å². The highest BCUT2D eigenvalue weighted by Crippen LogP contribution is 2.33. The van der Waals surface area contributed by atoms with E-state index in [1.807, 2.05) is 13.8 Å². The fourth-order valence-electron chi connectivity index (χ4n) is 3.17. The lowest BCUT2D eigenvalue weighted by atomic mass is 10.0.